The van der Waals surface area contributed by atoms with Crippen molar-refractivity contribution in [2.75, 3.05) is 13.1 Å². The van der Waals surface area contributed by atoms with Crippen LogP contribution >= 0.6 is 0 Å². The summed E-state index contributed by atoms with van der Waals surface area (Å²) < 4.78 is 5.95. The minimum absolute atomic E-state index is 0.300. The van der Waals surface area contributed by atoms with Crippen LogP contribution in [0.25, 0.3) is 0 Å². The van der Waals surface area contributed by atoms with Gasteiger partial charge in [-0.15, -0.1) is 0 Å². The molecule has 1 aromatic rings. The molecule has 0 aromatic heterocycles. The molecule has 1 heterocycles. The van der Waals surface area contributed by atoms with Crippen molar-refractivity contribution in [2.24, 2.45) is 5.41 Å². The van der Waals surface area contributed by atoms with Crippen molar-refractivity contribution in [1.82, 2.24) is 5.32 Å². The molecule has 100 valence electrons. The smallest absolute Gasteiger partial charge is 0.123 e. The van der Waals surface area contributed by atoms with Gasteiger partial charge in [0.15, 0.2) is 0 Å². The molecule has 0 fully saturated rings. The molecule has 1 atom stereocenters. The van der Waals surface area contributed by atoms with Gasteiger partial charge in [-0.25, -0.2) is 0 Å². The van der Waals surface area contributed by atoms with Crippen molar-refractivity contribution in [3.63, 3.8) is 0 Å². The van der Waals surface area contributed by atoms with E-state index in [9.17, 15) is 0 Å². The molecule has 2 heteroatoms. The first-order valence-electron chi connectivity index (χ1n) is 6.97. The van der Waals surface area contributed by atoms with Crippen LogP contribution in [0.1, 0.15) is 38.3 Å². The largest absolute Gasteiger partial charge is 0.488 e. The molecule has 0 spiro atoms. The molecular weight excluding hydrogens is 222 g/mol. The fourth-order valence-electron chi connectivity index (χ4n) is 2.26. The number of rotatable bonds is 5. The van der Waals surface area contributed by atoms with Crippen LogP contribution in [0.5, 0.6) is 5.75 Å². The van der Waals surface area contributed by atoms with Gasteiger partial charge in [-0.05, 0) is 30.4 Å². The molecule has 0 radical (unpaired) electrons. The van der Waals surface area contributed by atoms with Gasteiger partial charge in [-0.1, -0.05) is 38.5 Å². The van der Waals surface area contributed by atoms with E-state index in [0.717, 1.165) is 25.3 Å². The fourth-order valence-corrected chi connectivity index (χ4v) is 2.26. The van der Waals surface area contributed by atoms with E-state index in [0.29, 0.717) is 11.5 Å². The Balaban J connectivity index is 1.81. The molecule has 2 rings (SSSR count). The van der Waals surface area contributed by atoms with Crippen molar-refractivity contribution in [2.45, 2.75) is 46.6 Å². The third-order valence-electron chi connectivity index (χ3n) is 3.89. The summed E-state index contributed by atoms with van der Waals surface area (Å²) in [6.45, 7) is 11.0. The van der Waals surface area contributed by atoms with E-state index in [2.05, 4.69) is 51.2 Å². The lowest BCUT2D eigenvalue weighted by molar-refractivity contribution is 0.216. The first-order chi connectivity index (χ1) is 8.50. The normalized spacial score (nSPS) is 18.6. The molecule has 0 aliphatic carbocycles. The van der Waals surface area contributed by atoms with Gasteiger partial charge >= 0.3 is 0 Å². The predicted molar refractivity (Wildman–Crippen MR) is 76.2 cm³/mol. The third kappa shape index (κ3) is 3.26. The molecule has 0 bridgehead atoms. The molecule has 0 saturated carbocycles. The SMILES string of the molecule is CCC(C)(C)CNCC1Cc2cc(C)ccc2O1. The number of ether oxygens (including phenoxy) is 1. The number of fused-ring (bicyclic) bond motifs is 1. The van der Waals surface area contributed by atoms with Crippen molar-refractivity contribution in [3.8, 4) is 5.75 Å². The Morgan fingerprint density at radius 3 is 2.89 bits per heavy atom. The Morgan fingerprint density at radius 2 is 2.17 bits per heavy atom. The summed E-state index contributed by atoms with van der Waals surface area (Å²) in [5.74, 6) is 1.07. The van der Waals surface area contributed by atoms with Crippen LogP contribution in [-0.4, -0.2) is 19.2 Å². The molecule has 1 unspecified atom stereocenters. The summed E-state index contributed by atoms with van der Waals surface area (Å²) in [6, 6.07) is 6.46. The first-order valence-corrected chi connectivity index (χ1v) is 6.97. The molecule has 1 aromatic carbocycles. The zero-order valence-electron chi connectivity index (χ0n) is 12.0. The molecule has 0 saturated heterocycles. The Kier molecular flexibility index (Phi) is 3.96. The van der Waals surface area contributed by atoms with Crippen LogP contribution in [0.15, 0.2) is 18.2 Å². The van der Waals surface area contributed by atoms with Gasteiger partial charge in [0.2, 0.25) is 0 Å². The van der Waals surface area contributed by atoms with E-state index in [1.165, 1.54) is 17.5 Å². The highest BCUT2D eigenvalue weighted by molar-refractivity contribution is 5.40. The molecular formula is C16H25NO. The number of hydrogen-bond donors (Lipinski definition) is 1. The van der Waals surface area contributed by atoms with Crippen LogP contribution in [-0.2, 0) is 6.42 Å². The van der Waals surface area contributed by atoms with Crippen LogP contribution in [0.4, 0.5) is 0 Å². The lowest BCUT2D eigenvalue weighted by atomic mass is 9.90. The van der Waals surface area contributed by atoms with Gasteiger partial charge in [0.25, 0.3) is 0 Å². The highest BCUT2D eigenvalue weighted by Gasteiger charge is 2.23. The highest BCUT2D eigenvalue weighted by atomic mass is 16.5. The zero-order valence-corrected chi connectivity index (χ0v) is 12.0. The first kappa shape index (κ1) is 13.4. The minimum Gasteiger partial charge on any atom is -0.488 e. The van der Waals surface area contributed by atoms with E-state index in [1.807, 2.05) is 0 Å². The van der Waals surface area contributed by atoms with Crippen molar-refractivity contribution in [3.05, 3.63) is 29.3 Å². The van der Waals surface area contributed by atoms with Gasteiger partial charge in [0, 0.05) is 19.5 Å². The van der Waals surface area contributed by atoms with Crippen molar-refractivity contribution < 1.29 is 4.74 Å². The Morgan fingerprint density at radius 1 is 1.39 bits per heavy atom. The Bertz CT molecular complexity index is 412. The number of hydrogen-bond acceptors (Lipinski definition) is 2. The van der Waals surface area contributed by atoms with Crippen molar-refractivity contribution in [1.29, 1.82) is 0 Å². The number of nitrogens with one attached hydrogen (secondary N) is 1. The summed E-state index contributed by atoms with van der Waals surface area (Å²) in [5, 5.41) is 3.54. The fraction of sp³-hybridized carbons (Fsp3) is 0.625. The molecule has 1 N–H and O–H groups in total. The lowest BCUT2D eigenvalue weighted by Crippen LogP contribution is -2.36. The van der Waals surface area contributed by atoms with Crippen LogP contribution in [0.3, 0.4) is 0 Å². The standard InChI is InChI=1S/C16H25NO/c1-5-16(3,4)11-17-10-14-9-13-8-12(2)6-7-15(13)18-14/h6-8,14,17H,5,9-11H2,1-4H3. The average Bonchev–Trinajstić information content (AvgIpc) is 2.70. The van der Waals surface area contributed by atoms with Gasteiger partial charge in [0.1, 0.15) is 11.9 Å². The van der Waals surface area contributed by atoms with E-state index in [-0.39, 0.29) is 0 Å². The average molecular weight is 247 g/mol. The van der Waals surface area contributed by atoms with Crippen LogP contribution in [0.2, 0.25) is 0 Å². The Labute approximate surface area is 111 Å². The second kappa shape index (κ2) is 5.31. The van der Waals surface area contributed by atoms with Gasteiger partial charge in [-0.3, -0.25) is 0 Å². The third-order valence-corrected chi connectivity index (χ3v) is 3.89. The quantitative estimate of drug-likeness (QED) is 0.862. The maximum Gasteiger partial charge on any atom is 0.123 e. The van der Waals surface area contributed by atoms with E-state index in [1.54, 1.807) is 0 Å². The maximum atomic E-state index is 5.95. The minimum atomic E-state index is 0.300. The second-order valence-corrected chi connectivity index (χ2v) is 6.20. The van der Waals surface area contributed by atoms with Gasteiger partial charge < -0.3 is 10.1 Å². The van der Waals surface area contributed by atoms with Crippen LogP contribution in [0, 0.1) is 12.3 Å². The summed E-state index contributed by atoms with van der Waals surface area (Å²) in [7, 11) is 0. The maximum absolute atomic E-state index is 5.95. The highest BCUT2D eigenvalue weighted by Crippen LogP contribution is 2.29. The van der Waals surface area contributed by atoms with Gasteiger partial charge in [0.05, 0.1) is 0 Å². The van der Waals surface area contributed by atoms with Crippen molar-refractivity contribution >= 4 is 0 Å². The summed E-state index contributed by atoms with van der Waals surface area (Å²) in [5.41, 5.74) is 3.05. The topological polar surface area (TPSA) is 21.3 Å². The molecule has 18 heavy (non-hydrogen) atoms. The molecule has 1 aliphatic rings. The number of aryl methyl sites for hydroxylation is 1. The summed E-state index contributed by atoms with van der Waals surface area (Å²) in [6.07, 6.45) is 2.54. The molecule has 1 aliphatic heterocycles. The van der Waals surface area contributed by atoms with E-state index in [4.69, 9.17) is 4.74 Å². The molecule has 2 nitrogen and oxygen atoms in total. The summed E-state index contributed by atoms with van der Waals surface area (Å²) in [4.78, 5) is 0. The van der Waals surface area contributed by atoms with E-state index < -0.39 is 0 Å². The number of benzene rings is 1. The van der Waals surface area contributed by atoms with E-state index >= 15 is 0 Å². The zero-order chi connectivity index (χ0) is 13.2. The van der Waals surface area contributed by atoms with Crippen LogP contribution < -0.4 is 10.1 Å². The molecule has 0 amide bonds. The summed E-state index contributed by atoms with van der Waals surface area (Å²) >= 11 is 0. The monoisotopic (exact) mass is 247 g/mol. The predicted octanol–water partition coefficient (Wildman–Crippen LogP) is 3.32. The van der Waals surface area contributed by atoms with Gasteiger partial charge in [-0.2, -0.15) is 0 Å². The lowest BCUT2D eigenvalue weighted by Gasteiger charge is -2.24. The second-order valence-electron chi connectivity index (χ2n) is 6.20. The Hall–Kier alpha value is -1.02.